The summed E-state index contributed by atoms with van der Waals surface area (Å²) in [6.07, 6.45) is 1.69. The summed E-state index contributed by atoms with van der Waals surface area (Å²) in [4.78, 5) is 8.69. The first kappa shape index (κ1) is 13.6. The second-order valence-electron chi connectivity index (χ2n) is 3.81. The third-order valence-electron chi connectivity index (χ3n) is 2.53. The normalized spacial score (nSPS) is 10.3. The number of hydrogen-bond acceptors (Lipinski definition) is 5. The Balaban J connectivity index is 2.44. The highest BCUT2D eigenvalue weighted by atomic mass is 79.9. The van der Waals surface area contributed by atoms with E-state index >= 15 is 0 Å². The molecular formula is C13H14BrN3O2. The molecule has 2 N–H and O–H groups in total. The first-order valence-corrected chi connectivity index (χ1v) is 6.58. The first-order chi connectivity index (χ1) is 9.15. The number of ether oxygens (including phenoxy) is 1. The predicted octanol–water partition coefficient (Wildman–Crippen LogP) is 3.05. The number of hydrogen-bond donors (Lipinski definition) is 2. The standard InChI is InChI=1S/C13H14BrN3O2/c1-3-15-13-9(14)7-16-12(17-13)8-4-5-10(18)11(6-8)19-2/h4-7,18H,3H2,1-2H3,(H,15,16,17). The molecule has 6 heteroatoms. The van der Waals surface area contributed by atoms with Crippen LogP contribution >= 0.6 is 15.9 Å². The van der Waals surface area contributed by atoms with Crippen molar-refractivity contribution < 1.29 is 9.84 Å². The Morgan fingerprint density at radius 2 is 2.21 bits per heavy atom. The number of aromatic hydroxyl groups is 1. The summed E-state index contributed by atoms with van der Waals surface area (Å²) in [5.74, 6) is 1.79. The van der Waals surface area contributed by atoms with Crippen LogP contribution in [0, 0.1) is 0 Å². The van der Waals surface area contributed by atoms with Gasteiger partial charge in [-0.2, -0.15) is 0 Å². The summed E-state index contributed by atoms with van der Waals surface area (Å²) in [6.45, 7) is 2.77. The Bertz CT molecular complexity index is 590. The maximum absolute atomic E-state index is 9.58. The van der Waals surface area contributed by atoms with E-state index in [0.29, 0.717) is 11.6 Å². The van der Waals surface area contributed by atoms with E-state index in [2.05, 4.69) is 31.2 Å². The number of rotatable bonds is 4. The van der Waals surface area contributed by atoms with Crippen LogP contribution < -0.4 is 10.1 Å². The third kappa shape index (κ3) is 2.96. The molecule has 0 aliphatic rings. The molecule has 0 fully saturated rings. The van der Waals surface area contributed by atoms with E-state index in [1.165, 1.54) is 7.11 Å². The summed E-state index contributed by atoms with van der Waals surface area (Å²) in [6, 6.07) is 5.01. The van der Waals surface area contributed by atoms with E-state index in [4.69, 9.17) is 4.74 Å². The average Bonchev–Trinajstić information content (AvgIpc) is 2.42. The molecule has 0 unspecified atom stereocenters. The number of phenolic OH excluding ortho intramolecular Hbond substituents is 1. The van der Waals surface area contributed by atoms with Crippen molar-refractivity contribution in [2.45, 2.75) is 6.92 Å². The third-order valence-corrected chi connectivity index (χ3v) is 3.11. The van der Waals surface area contributed by atoms with Gasteiger partial charge in [0.15, 0.2) is 17.3 Å². The van der Waals surface area contributed by atoms with Gasteiger partial charge in [-0.25, -0.2) is 9.97 Å². The molecule has 19 heavy (non-hydrogen) atoms. The van der Waals surface area contributed by atoms with Gasteiger partial charge >= 0.3 is 0 Å². The first-order valence-electron chi connectivity index (χ1n) is 5.79. The van der Waals surface area contributed by atoms with Crippen molar-refractivity contribution in [3.05, 3.63) is 28.9 Å². The molecule has 1 aromatic carbocycles. The highest BCUT2D eigenvalue weighted by Crippen LogP contribution is 2.31. The van der Waals surface area contributed by atoms with Crippen molar-refractivity contribution in [2.75, 3.05) is 19.0 Å². The highest BCUT2D eigenvalue weighted by Gasteiger charge is 2.09. The van der Waals surface area contributed by atoms with Gasteiger partial charge in [0.1, 0.15) is 5.82 Å². The number of phenols is 1. The number of anilines is 1. The minimum absolute atomic E-state index is 0.0928. The van der Waals surface area contributed by atoms with Gasteiger partial charge in [0.2, 0.25) is 0 Å². The lowest BCUT2D eigenvalue weighted by atomic mass is 10.2. The zero-order valence-corrected chi connectivity index (χ0v) is 12.2. The van der Waals surface area contributed by atoms with Gasteiger partial charge in [-0.05, 0) is 41.1 Å². The Labute approximate surface area is 119 Å². The number of halogens is 1. The largest absolute Gasteiger partial charge is 0.504 e. The van der Waals surface area contributed by atoms with Gasteiger partial charge in [0, 0.05) is 18.3 Å². The molecule has 1 aromatic heterocycles. The molecule has 1 heterocycles. The van der Waals surface area contributed by atoms with Crippen LogP contribution in [-0.2, 0) is 0 Å². The lowest BCUT2D eigenvalue weighted by Crippen LogP contribution is -2.02. The van der Waals surface area contributed by atoms with Gasteiger partial charge in [-0.3, -0.25) is 0 Å². The molecule has 2 aromatic rings. The number of aromatic nitrogens is 2. The molecule has 2 rings (SSSR count). The lowest BCUT2D eigenvalue weighted by molar-refractivity contribution is 0.373. The van der Waals surface area contributed by atoms with Gasteiger partial charge < -0.3 is 15.2 Å². The Hall–Kier alpha value is -1.82. The molecular weight excluding hydrogens is 310 g/mol. The number of nitrogens with one attached hydrogen (secondary N) is 1. The second-order valence-corrected chi connectivity index (χ2v) is 4.66. The quantitative estimate of drug-likeness (QED) is 0.905. The van der Waals surface area contributed by atoms with Crippen LogP contribution in [0.5, 0.6) is 11.5 Å². The van der Waals surface area contributed by atoms with E-state index < -0.39 is 0 Å². The molecule has 0 radical (unpaired) electrons. The highest BCUT2D eigenvalue weighted by molar-refractivity contribution is 9.10. The zero-order valence-electron chi connectivity index (χ0n) is 10.6. The van der Waals surface area contributed by atoms with Crippen LogP contribution in [0.1, 0.15) is 6.92 Å². The molecule has 0 saturated carbocycles. The van der Waals surface area contributed by atoms with Gasteiger partial charge in [0.25, 0.3) is 0 Å². The van der Waals surface area contributed by atoms with Crippen LogP contribution in [0.4, 0.5) is 5.82 Å². The fraction of sp³-hybridized carbons (Fsp3) is 0.231. The number of methoxy groups -OCH3 is 1. The molecule has 0 bridgehead atoms. The van der Waals surface area contributed by atoms with Crippen LogP contribution in [-0.4, -0.2) is 28.7 Å². The van der Waals surface area contributed by atoms with Crippen LogP contribution in [0.2, 0.25) is 0 Å². The Kier molecular flexibility index (Phi) is 4.21. The minimum atomic E-state index is 0.0928. The maximum atomic E-state index is 9.58. The van der Waals surface area contributed by atoms with Crippen LogP contribution in [0.25, 0.3) is 11.4 Å². The van der Waals surface area contributed by atoms with E-state index in [-0.39, 0.29) is 5.75 Å². The van der Waals surface area contributed by atoms with Crippen molar-refractivity contribution in [2.24, 2.45) is 0 Å². The summed E-state index contributed by atoms with van der Waals surface area (Å²) >= 11 is 3.39. The molecule has 100 valence electrons. The van der Waals surface area contributed by atoms with E-state index in [9.17, 15) is 5.11 Å². The van der Waals surface area contributed by atoms with E-state index in [0.717, 1.165) is 22.4 Å². The van der Waals surface area contributed by atoms with Gasteiger partial charge in [-0.15, -0.1) is 0 Å². The topological polar surface area (TPSA) is 67.3 Å². The minimum Gasteiger partial charge on any atom is -0.504 e. The van der Waals surface area contributed by atoms with Gasteiger partial charge in [0.05, 0.1) is 11.6 Å². The van der Waals surface area contributed by atoms with Gasteiger partial charge in [-0.1, -0.05) is 0 Å². The number of nitrogens with zero attached hydrogens (tertiary/aromatic N) is 2. The van der Waals surface area contributed by atoms with Crippen molar-refractivity contribution in [1.29, 1.82) is 0 Å². The molecule has 0 aliphatic carbocycles. The predicted molar refractivity (Wildman–Crippen MR) is 77.5 cm³/mol. The molecule has 0 aliphatic heterocycles. The Morgan fingerprint density at radius 3 is 2.89 bits per heavy atom. The fourth-order valence-corrected chi connectivity index (χ4v) is 1.95. The summed E-state index contributed by atoms with van der Waals surface area (Å²) in [5.41, 5.74) is 0.779. The average molecular weight is 324 g/mol. The summed E-state index contributed by atoms with van der Waals surface area (Å²) < 4.78 is 5.89. The van der Waals surface area contributed by atoms with E-state index in [1.54, 1.807) is 24.4 Å². The monoisotopic (exact) mass is 323 g/mol. The molecule has 0 saturated heterocycles. The molecule has 0 spiro atoms. The maximum Gasteiger partial charge on any atom is 0.161 e. The van der Waals surface area contributed by atoms with Crippen molar-refractivity contribution in [3.63, 3.8) is 0 Å². The fourth-order valence-electron chi connectivity index (χ4n) is 1.61. The van der Waals surface area contributed by atoms with E-state index in [1.807, 2.05) is 6.92 Å². The summed E-state index contributed by atoms with van der Waals surface area (Å²) in [5, 5.41) is 12.7. The van der Waals surface area contributed by atoms with Crippen molar-refractivity contribution in [1.82, 2.24) is 9.97 Å². The molecule has 5 nitrogen and oxygen atoms in total. The smallest absolute Gasteiger partial charge is 0.161 e. The SMILES string of the molecule is CCNc1nc(-c2ccc(O)c(OC)c2)ncc1Br. The second kappa shape index (κ2) is 5.88. The van der Waals surface area contributed by atoms with Crippen molar-refractivity contribution in [3.8, 4) is 22.9 Å². The number of benzene rings is 1. The van der Waals surface area contributed by atoms with Crippen molar-refractivity contribution >= 4 is 21.7 Å². The Morgan fingerprint density at radius 1 is 1.42 bits per heavy atom. The molecule has 0 atom stereocenters. The van der Waals surface area contributed by atoms with Crippen LogP contribution in [0.3, 0.4) is 0 Å². The summed E-state index contributed by atoms with van der Waals surface area (Å²) in [7, 11) is 1.51. The molecule has 0 amide bonds. The van der Waals surface area contributed by atoms with Crippen LogP contribution in [0.15, 0.2) is 28.9 Å². The zero-order chi connectivity index (χ0) is 13.8. The lowest BCUT2D eigenvalue weighted by Gasteiger charge is -2.09.